The van der Waals surface area contributed by atoms with Crippen LogP contribution in [0.25, 0.3) is 0 Å². The first kappa shape index (κ1) is 13.3. The van der Waals surface area contributed by atoms with Crippen LogP contribution in [0.1, 0.15) is 5.56 Å². The van der Waals surface area contributed by atoms with Gasteiger partial charge >= 0.3 is 0 Å². The predicted octanol–water partition coefficient (Wildman–Crippen LogP) is 3.23. The Morgan fingerprint density at radius 3 is 3.06 bits per heavy atom. The van der Waals surface area contributed by atoms with Crippen molar-refractivity contribution in [3.63, 3.8) is 0 Å². The predicted molar refractivity (Wildman–Crippen MR) is 75.5 cm³/mol. The number of halogens is 1. The smallest absolute Gasteiger partial charge is 0.234 e. The SMILES string of the molecule is Cc1cc(Cl)ccc1NC(=O)CSc1nncs1. The summed E-state index contributed by atoms with van der Waals surface area (Å²) in [6, 6.07) is 5.36. The molecule has 1 heterocycles. The monoisotopic (exact) mass is 299 g/mol. The first-order valence-electron chi connectivity index (χ1n) is 5.10. The number of nitrogens with one attached hydrogen (secondary N) is 1. The maximum atomic E-state index is 11.7. The molecule has 0 atom stereocenters. The van der Waals surface area contributed by atoms with Crippen LogP contribution < -0.4 is 5.32 Å². The van der Waals surface area contributed by atoms with Gasteiger partial charge in [0.25, 0.3) is 0 Å². The highest BCUT2D eigenvalue weighted by Crippen LogP contribution is 2.21. The minimum Gasteiger partial charge on any atom is -0.325 e. The van der Waals surface area contributed by atoms with E-state index in [2.05, 4.69) is 15.5 Å². The summed E-state index contributed by atoms with van der Waals surface area (Å²) in [5.74, 6) is 0.248. The third-order valence-corrected chi connectivity index (χ3v) is 4.22. The van der Waals surface area contributed by atoms with E-state index in [0.29, 0.717) is 10.8 Å². The molecule has 1 amide bonds. The van der Waals surface area contributed by atoms with Crippen molar-refractivity contribution in [1.82, 2.24) is 10.2 Å². The fourth-order valence-electron chi connectivity index (χ4n) is 1.31. The molecule has 0 radical (unpaired) electrons. The van der Waals surface area contributed by atoms with E-state index in [0.717, 1.165) is 15.6 Å². The molecule has 1 N–H and O–H groups in total. The molecule has 18 heavy (non-hydrogen) atoms. The Labute approximate surface area is 118 Å². The topological polar surface area (TPSA) is 54.9 Å². The van der Waals surface area contributed by atoms with Crippen LogP contribution in [-0.2, 0) is 4.79 Å². The number of hydrogen-bond donors (Lipinski definition) is 1. The van der Waals surface area contributed by atoms with Crippen molar-refractivity contribution in [2.24, 2.45) is 0 Å². The summed E-state index contributed by atoms with van der Waals surface area (Å²) in [6.07, 6.45) is 0. The van der Waals surface area contributed by atoms with Crippen LogP contribution in [0.5, 0.6) is 0 Å². The molecule has 0 fully saturated rings. The summed E-state index contributed by atoms with van der Waals surface area (Å²) in [6.45, 7) is 1.90. The zero-order valence-electron chi connectivity index (χ0n) is 9.51. The molecule has 7 heteroatoms. The lowest BCUT2D eigenvalue weighted by Gasteiger charge is -2.07. The fraction of sp³-hybridized carbons (Fsp3) is 0.182. The van der Waals surface area contributed by atoms with Gasteiger partial charge in [0.2, 0.25) is 5.91 Å². The van der Waals surface area contributed by atoms with E-state index in [-0.39, 0.29) is 5.91 Å². The normalized spacial score (nSPS) is 10.3. The van der Waals surface area contributed by atoms with Crippen molar-refractivity contribution in [1.29, 1.82) is 0 Å². The molecule has 0 spiro atoms. The summed E-state index contributed by atoms with van der Waals surface area (Å²) < 4.78 is 0.790. The third-order valence-electron chi connectivity index (χ3n) is 2.13. The van der Waals surface area contributed by atoms with Crippen molar-refractivity contribution in [2.45, 2.75) is 11.3 Å². The average Bonchev–Trinajstić information content (AvgIpc) is 2.83. The highest BCUT2D eigenvalue weighted by atomic mass is 35.5. The number of thioether (sulfide) groups is 1. The molecule has 0 aliphatic heterocycles. The molecule has 2 aromatic rings. The number of rotatable bonds is 4. The minimum atomic E-state index is -0.0689. The van der Waals surface area contributed by atoms with Crippen LogP contribution in [0.3, 0.4) is 0 Å². The Bertz CT molecular complexity index is 545. The van der Waals surface area contributed by atoms with E-state index in [4.69, 9.17) is 11.6 Å². The van der Waals surface area contributed by atoms with Crippen LogP contribution in [0, 0.1) is 6.92 Å². The number of amides is 1. The van der Waals surface area contributed by atoms with Crippen molar-refractivity contribution in [3.8, 4) is 0 Å². The van der Waals surface area contributed by atoms with Gasteiger partial charge < -0.3 is 5.32 Å². The molecule has 94 valence electrons. The van der Waals surface area contributed by atoms with Crippen LogP contribution >= 0.6 is 34.7 Å². The molecule has 0 aliphatic carbocycles. The first-order valence-corrected chi connectivity index (χ1v) is 7.34. The number of anilines is 1. The second kappa shape index (κ2) is 6.17. The summed E-state index contributed by atoms with van der Waals surface area (Å²) >= 11 is 8.64. The number of hydrogen-bond acceptors (Lipinski definition) is 5. The zero-order chi connectivity index (χ0) is 13.0. The summed E-state index contributed by atoms with van der Waals surface area (Å²) in [5, 5.41) is 11.1. The van der Waals surface area contributed by atoms with Gasteiger partial charge in [0.15, 0.2) is 4.34 Å². The fourth-order valence-corrected chi connectivity index (χ4v) is 2.82. The lowest BCUT2D eigenvalue weighted by Crippen LogP contribution is -2.14. The van der Waals surface area contributed by atoms with Gasteiger partial charge in [-0.25, -0.2) is 0 Å². The van der Waals surface area contributed by atoms with Crippen molar-refractivity contribution in [2.75, 3.05) is 11.1 Å². The molecule has 1 aromatic carbocycles. The number of nitrogens with zero attached hydrogens (tertiary/aromatic N) is 2. The van der Waals surface area contributed by atoms with Gasteiger partial charge in [-0.3, -0.25) is 4.79 Å². The van der Waals surface area contributed by atoms with Crippen molar-refractivity contribution >= 4 is 46.3 Å². The second-order valence-corrected chi connectivity index (χ2v) is 5.99. The molecular formula is C11H10ClN3OS2. The van der Waals surface area contributed by atoms with Crippen molar-refractivity contribution < 1.29 is 4.79 Å². The van der Waals surface area contributed by atoms with E-state index < -0.39 is 0 Å². The first-order chi connectivity index (χ1) is 8.65. The standard InChI is InChI=1S/C11H10ClN3OS2/c1-7-4-8(12)2-3-9(7)14-10(16)5-17-11-15-13-6-18-11/h2-4,6H,5H2,1H3,(H,14,16). The number of carbonyl (C=O) groups is 1. The molecule has 1 aromatic heterocycles. The Kier molecular flexibility index (Phi) is 4.57. The molecular weight excluding hydrogens is 290 g/mol. The largest absolute Gasteiger partial charge is 0.325 e. The van der Waals surface area contributed by atoms with E-state index in [1.807, 2.05) is 13.0 Å². The molecule has 4 nitrogen and oxygen atoms in total. The quantitative estimate of drug-likeness (QED) is 0.881. The zero-order valence-corrected chi connectivity index (χ0v) is 11.9. The van der Waals surface area contributed by atoms with Gasteiger partial charge in [-0.1, -0.05) is 34.7 Å². The minimum absolute atomic E-state index is 0.0689. The maximum absolute atomic E-state index is 11.7. The van der Waals surface area contributed by atoms with E-state index in [1.54, 1.807) is 17.6 Å². The van der Waals surface area contributed by atoms with E-state index in [1.165, 1.54) is 23.1 Å². The van der Waals surface area contributed by atoms with Crippen LogP contribution in [-0.4, -0.2) is 21.9 Å². The summed E-state index contributed by atoms with van der Waals surface area (Å²) in [7, 11) is 0. The Hall–Kier alpha value is -1.11. The lowest BCUT2D eigenvalue weighted by atomic mass is 10.2. The molecule has 0 unspecified atom stereocenters. The van der Waals surface area contributed by atoms with Gasteiger partial charge in [0.05, 0.1) is 5.75 Å². The molecule has 0 saturated carbocycles. The van der Waals surface area contributed by atoms with E-state index in [9.17, 15) is 4.79 Å². The van der Waals surface area contributed by atoms with Gasteiger partial charge in [-0.05, 0) is 30.7 Å². The summed E-state index contributed by atoms with van der Waals surface area (Å²) in [4.78, 5) is 11.7. The van der Waals surface area contributed by atoms with E-state index >= 15 is 0 Å². The Balaban J connectivity index is 1.91. The third kappa shape index (κ3) is 3.69. The lowest BCUT2D eigenvalue weighted by molar-refractivity contribution is -0.113. The van der Waals surface area contributed by atoms with Crippen molar-refractivity contribution in [3.05, 3.63) is 34.3 Å². The molecule has 0 saturated heterocycles. The average molecular weight is 300 g/mol. The summed E-state index contributed by atoms with van der Waals surface area (Å²) in [5.41, 5.74) is 3.36. The van der Waals surface area contributed by atoms with Gasteiger partial charge in [-0.15, -0.1) is 10.2 Å². The highest BCUT2D eigenvalue weighted by Gasteiger charge is 2.07. The Morgan fingerprint density at radius 2 is 2.39 bits per heavy atom. The number of aromatic nitrogens is 2. The number of carbonyl (C=O) groups excluding carboxylic acids is 1. The number of benzene rings is 1. The van der Waals surface area contributed by atoms with Gasteiger partial charge in [0, 0.05) is 10.7 Å². The van der Waals surface area contributed by atoms with Crippen LogP contribution in [0.4, 0.5) is 5.69 Å². The van der Waals surface area contributed by atoms with Gasteiger partial charge in [-0.2, -0.15) is 0 Å². The number of aryl methyl sites for hydroxylation is 1. The van der Waals surface area contributed by atoms with Gasteiger partial charge in [0.1, 0.15) is 5.51 Å². The maximum Gasteiger partial charge on any atom is 0.234 e. The Morgan fingerprint density at radius 1 is 1.56 bits per heavy atom. The molecule has 0 bridgehead atoms. The molecule has 0 aliphatic rings. The highest BCUT2D eigenvalue weighted by molar-refractivity contribution is 8.01. The second-order valence-electron chi connectivity index (χ2n) is 3.50. The van der Waals surface area contributed by atoms with Crippen LogP contribution in [0.15, 0.2) is 28.0 Å². The molecule has 2 rings (SSSR count). The van der Waals surface area contributed by atoms with Crippen LogP contribution in [0.2, 0.25) is 5.02 Å².